The number of aliphatic imine (C=N–C) groups is 1. The van der Waals surface area contributed by atoms with Gasteiger partial charge in [-0.15, -0.1) is 0 Å². The first-order chi connectivity index (χ1) is 5.20. The standard InChI is InChI=1S/C4H11N5O2/c5-8-4(9-6)7-2-1-3(10)11/h1-2,5-6H2,(H,10,11)(H2,7,8,9). The van der Waals surface area contributed by atoms with Crippen LogP contribution in [0.5, 0.6) is 0 Å². The third-order valence-electron chi connectivity index (χ3n) is 0.869. The molecule has 0 bridgehead atoms. The molecule has 0 saturated heterocycles. The summed E-state index contributed by atoms with van der Waals surface area (Å²) in [4.78, 5) is 13.6. The summed E-state index contributed by atoms with van der Waals surface area (Å²) in [7, 11) is 0. The van der Waals surface area contributed by atoms with E-state index in [1.165, 1.54) is 0 Å². The second-order valence-electron chi connectivity index (χ2n) is 1.66. The van der Waals surface area contributed by atoms with Gasteiger partial charge in [0, 0.05) is 0 Å². The molecule has 0 fully saturated rings. The maximum absolute atomic E-state index is 9.98. The summed E-state index contributed by atoms with van der Waals surface area (Å²) in [6.07, 6.45) is -0.0488. The molecule has 0 aliphatic carbocycles. The van der Waals surface area contributed by atoms with Gasteiger partial charge in [-0.25, -0.2) is 11.7 Å². The zero-order valence-corrected chi connectivity index (χ0v) is 5.87. The summed E-state index contributed by atoms with van der Waals surface area (Å²) in [6, 6.07) is 0. The molecule has 0 rings (SSSR count). The van der Waals surface area contributed by atoms with E-state index in [1.54, 1.807) is 0 Å². The van der Waals surface area contributed by atoms with Crippen LogP contribution in [0.2, 0.25) is 0 Å². The third kappa shape index (κ3) is 5.12. The van der Waals surface area contributed by atoms with Gasteiger partial charge in [0.15, 0.2) is 0 Å². The zero-order chi connectivity index (χ0) is 8.69. The summed E-state index contributed by atoms with van der Waals surface area (Å²) in [5, 5.41) is 8.20. The lowest BCUT2D eigenvalue weighted by molar-refractivity contribution is -0.136. The van der Waals surface area contributed by atoms with Crippen molar-refractivity contribution in [2.24, 2.45) is 16.7 Å². The molecule has 0 spiro atoms. The van der Waals surface area contributed by atoms with E-state index in [9.17, 15) is 4.79 Å². The lowest BCUT2D eigenvalue weighted by Gasteiger charge is -2.01. The second-order valence-corrected chi connectivity index (χ2v) is 1.66. The first-order valence-electron chi connectivity index (χ1n) is 2.90. The van der Waals surface area contributed by atoms with Crippen LogP contribution in [-0.4, -0.2) is 23.6 Å². The summed E-state index contributed by atoms with van der Waals surface area (Å²) < 4.78 is 0. The fourth-order valence-corrected chi connectivity index (χ4v) is 0.396. The highest BCUT2D eigenvalue weighted by molar-refractivity contribution is 5.78. The highest BCUT2D eigenvalue weighted by Gasteiger charge is 1.95. The molecule has 0 aliphatic heterocycles. The molecule has 7 nitrogen and oxygen atoms in total. The van der Waals surface area contributed by atoms with E-state index < -0.39 is 5.97 Å². The lowest BCUT2D eigenvalue weighted by Crippen LogP contribution is -2.45. The minimum absolute atomic E-state index is 0.0488. The molecule has 0 aromatic rings. The zero-order valence-electron chi connectivity index (χ0n) is 5.87. The normalized spacial score (nSPS) is 8.55. The highest BCUT2D eigenvalue weighted by atomic mass is 16.4. The Bertz CT molecular complexity index is 151. The van der Waals surface area contributed by atoms with Gasteiger partial charge in [-0.05, 0) is 0 Å². The minimum Gasteiger partial charge on any atom is -0.481 e. The van der Waals surface area contributed by atoms with Crippen molar-refractivity contribution in [1.29, 1.82) is 0 Å². The Kier molecular flexibility index (Phi) is 4.78. The molecule has 0 heterocycles. The number of hydrazine groups is 2. The van der Waals surface area contributed by atoms with E-state index in [2.05, 4.69) is 15.8 Å². The van der Waals surface area contributed by atoms with E-state index in [1.807, 2.05) is 0 Å². The predicted octanol–water partition coefficient (Wildman–Crippen LogP) is -2.26. The monoisotopic (exact) mass is 161 g/mol. The Hall–Kier alpha value is -1.34. The number of nitrogens with zero attached hydrogens (tertiary/aromatic N) is 1. The number of nitrogens with two attached hydrogens (primary N) is 2. The van der Waals surface area contributed by atoms with Crippen molar-refractivity contribution < 1.29 is 9.90 Å². The van der Waals surface area contributed by atoms with Gasteiger partial charge in [-0.2, -0.15) is 0 Å². The summed E-state index contributed by atoms with van der Waals surface area (Å²) in [5.41, 5.74) is 4.29. The molecular weight excluding hydrogens is 150 g/mol. The van der Waals surface area contributed by atoms with Crippen molar-refractivity contribution in [2.75, 3.05) is 6.54 Å². The maximum Gasteiger partial charge on any atom is 0.305 e. The van der Waals surface area contributed by atoms with Crippen LogP contribution in [0.3, 0.4) is 0 Å². The molecule has 0 radical (unpaired) electrons. The molecule has 0 amide bonds. The van der Waals surface area contributed by atoms with Gasteiger partial charge in [0.25, 0.3) is 0 Å². The Balaban J connectivity index is 3.61. The van der Waals surface area contributed by atoms with Gasteiger partial charge in [0.1, 0.15) is 0 Å². The number of hydrogen-bond acceptors (Lipinski definition) is 4. The van der Waals surface area contributed by atoms with E-state index in [0.717, 1.165) is 0 Å². The molecule has 7 N–H and O–H groups in total. The topological polar surface area (TPSA) is 126 Å². The number of hydrogen-bond donors (Lipinski definition) is 5. The number of carbonyl (C=O) groups is 1. The SMILES string of the molecule is NNC(=NCCC(=O)O)NN. The molecule has 0 aromatic carbocycles. The van der Waals surface area contributed by atoms with Gasteiger partial charge < -0.3 is 5.11 Å². The average molecular weight is 161 g/mol. The summed E-state index contributed by atoms with van der Waals surface area (Å²) in [5.74, 6) is 9.10. The van der Waals surface area contributed by atoms with Crippen LogP contribution in [0, 0.1) is 0 Å². The largest absolute Gasteiger partial charge is 0.481 e. The number of carboxylic acid groups (broad SMARTS) is 1. The van der Waals surface area contributed by atoms with Crippen LogP contribution >= 0.6 is 0 Å². The molecule has 0 aliphatic rings. The first kappa shape index (κ1) is 9.66. The van der Waals surface area contributed by atoms with Crippen LogP contribution < -0.4 is 22.5 Å². The fraction of sp³-hybridized carbons (Fsp3) is 0.500. The van der Waals surface area contributed by atoms with Crippen LogP contribution in [0.25, 0.3) is 0 Å². The van der Waals surface area contributed by atoms with Crippen LogP contribution in [-0.2, 0) is 4.79 Å². The Morgan fingerprint density at radius 2 is 2.00 bits per heavy atom. The molecular formula is C4H11N5O2. The number of carboxylic acids is 1. The Morgan fingerprint density at radius 1 is 1.45 bits per heavy atom. The van der Waals surface area contributed by atoms with E-state index in [4.69, 9.17) is 16.8 Å². The quantitative estimate of drug-likeness (QED) is 0.138. The van der Waals surface area contributed by atoms with Crippen LogP contribution in [0.1, 0.15) is 6.42 Å². The lowest BCUT2D eigenvalue weighted by atomic mass is 10.4. The fourth-order valence-electron chi connectivity index (χ4n) is 0.396. The van der Waals surface area contributed by atoms with Crippen molar-refractivity contribution in [3.63, 3.8) is 0 Å². The van der Waals surface area contributed by atoms with Gasteiger partial charge in [0.2, 0.25) is 5.96 Å². The van der Waals surface area contributed by atoms with Crippen molar-refractivity contribution in [3.05, 3.63) is 0 Å². The molecule has 0 saturated carbocycles. The second kappa shape index (κ2) is 5.45. The average Bonchev–Trinajstić information content (AvgIpc) is 1.98. The number of rotatable bonds is 3. The molecule has 64 valence electrons. The molecule has 7 heteroatoms. The molecule has 0 atom stereocenters. The van der Waals surface area contributed by atoms with Crippen molar-refractivity contribution in [1.82, 2.24) is 10.9 Å². The van der Waals surface area contributed by atoms with Gasteiger partial charge in [0.05, 0.1) is 13.0 Å². The van der Waals surface area contributed by atoms with E-state index in [-0.39, 0.29) is 18.9 Å². The number of aliphatic carboxylic acids is 1. The summed E-state index contributed by atoms with van der Waals surface area (Å²) in [6.45, 7) is 0.138. The summed E-state index contributed by atoms with van der Waals surface area (Å²) >= 11 is 0. The Morgan fingerprint density at radius 3 is 2.36 bits per heavy atom. The third-order valence-corrected chi connectivity index (χ3v) is 0.869. The highest BCUT2D eigenvalue weighted by Crippen LogP contribution is 1.79. The van der Waals surface area contributed by atoms with E-state index >= 15 is 0 Å². The number of guanidine groups is 1. The van der Waals surface area contributed by atoms with Crippen molar-refractivity contribution in [2.45, 2.75) is 6.42 Å². The van der Waals surface area contributed by atoms with Gasteiger partial charge >= 0.3 is 5.97 Å². The predicted molar refractivity (Wildman–Crippen MR) is 39.2 cm³/mol. The molecule has 0 aromatic heterocycles. The van der Waals surface area contributed by atoms with Crippen LogP contribution in [0.4, 0.5) is 0 Å². The van der Waals surface area contributed by atoms with Gasteiger partial charge in [-0.1, -0.05) is 0 Å². The molecule has 11 heavy (non-hydrogen) atoms. The Labute approximate surface area is 63.4 Å². The smallest absolute Gasteiger partial charge is 0.305 e. The van der Waals surface area contributed by atoms with Gasteiger partial charge in [-0.3, -0.25) is 20.6 Å². The first-order valence-corrected chi connectivity index (χ1v) is 2.90. The van der Waals surface area contributed by atoms with E-state index in [0.29, 0.717) is 0 Å². The van der Waals surface area contributed by atoms with Crippen LogP contribution in [0.15, 0.2) is 4.99 Å². The minimum atomic E-state index is -0.915. The van der Waals surface area contributed by atoms with Crippen molar-refractivity contribution in [3.8, 4) is 0 Å². The van der Waals surface area contributed by atoms with Crippen molar-refractivity contribution >= 4 is 11.9 Å². The molecule has 0 unspecified atom stereocenters. The maximum atomic E-state index is 9.98. The number of nitrogens with one attached hydrogen (secondary N) is 2.